The van der Waals surface area contributed by atoms with Crippen molar-refractivity contribution in [3.05, 3.63) is 29.3 Å². The van der Waals surface area contributed by atoms with Gasteiger partial charge in [0.2, 0.25) is 5.91 Å². The molecule has 0 saturated heterocycles. The number of hydrogen-bond donors (Lipinski definition) is 2. The van der Waals surface area contributed by atoms with E-state index in [2.05, 4.69) is 12.2 Å². The van der Waals surface area contributed by atoms with Gasteiger partial charge in [0.15, 0.2) is 0 Å². The number of benzene rings is 1. The van der Waals surface area contributed by atoms with Crippen molar-refractivity contribution >= 4 is 23.2 Å². The summed E-state index contributed by atoms with van der Waals surface area (Å²) in [4.78, 5) is 11.6. The molecule has 0 radical (unpaired) electrons. The highest BCUT2D eigenvalue weighted by atomic mass is 35.5. The Morgan fingerprint density at radius 2 is 2.24 bits per heavy atom. The molecule has 4 heteroatoms. The lowest BCUT2D eigenvalue weighted by molar-refractivity contribution is -0.116. The smallest absolute Gasteiger partial charge is 0.224 e. The highest BCUT2D eigenvalue weighted by molar-refractivity contribution is 6.30. The average molecular weight is 255 g/mol. The first-order valence-electron chi connectivity index (χ1n) is 5.87. The summed E-state index contributed by atoms with van der Waals surface area (Å²) in [6.07, 6.45) is 2.35. The average Bonchev–Trinajstić information content (AvgIpc) is 2.27. The number of rotatable bonds is 6. The Balaban J connectivity index is 2.34. The normalized spacial score (nSPS) is 12.2. The highest BCUT2D eigenvalue weighted by Gasteiger charge is 2.06. The van der Waals surface area contributed by atoms with Crippen molar-refractivity contribution in [2.75, 3.05) is 11.9 Å². The molecule has 0 aliphatic heterocycles. The van der Waals surface area contributed by atoms with Gasteiger partial charge in [-0.15, -0.1) is 0 Å². The van der Waals surface area contributed by atoms with Crippen LogP contribution in [0.5, 0.6) is 0 Å². The van der Waals surface area contributed by atoms with E-state index in [0.29, 0.717) is 23.9 Å². The van der Waals surface area contributed by atoms with Gasteiger partial charge in [-0.05, 0) is 43.5 Å². The van der Waals surface area contributed by atoms with Crippen molar-refractivity contribution < 1.29 is 4.79 Å². The zero-order valence-electron chi connectivity index (χ0n) is 10.1. The summed E-state index contributed by atoms with van der Waals surface area (Å²) in [7, 11) is 0. The molecule has 0 fully saturated rings. The summed E-state index contributed by atoms with van der Waals surface area (Å²) < 4.78 is 0. The second kappa shape index (κ2) is 7.30. The maximum Gasteiger partial charge on any atom is 0.224 e. The Kier molecular flexibility index (Phi) is 6.01. The molecule has 0 heterocycles. The highest BCUT2D eigenvalue weighted by Crippen LogP contribution is 2.16. The largest absolute Gasteiger partial charge is 0.330 e. The Morgan fingerprint density at radius 3 is 2.88 bits per heavy atom. The topological polar surface area (TPSA) is 55.1 Å². The molecule has 1 unspecified atom stereocenters. The van der Waals surface area contributed by atoms with Gasteiger partial charge in [0.1, 0.15) is 0 Å². The van der Waals surface area contributed by atoms with Crippen LogP contribution in [0.15, 0.2) is 24.3 Å². The summed E-state index contributed by atoms with van der Waals surface area (Å²) >= 11 is 5.83. The number of nitrogens with one attached hydrogen (secondary N) is 1. The van der Waals surface area contributed by atoms with Crippen molar-refractivity contribution in [1.82, 2.24) is 0 Å². The van der Waals surface area contributed by atoms with Crippen molar-refractivity contribution in [3.8, 4) is 0 Å². The van der Waals surface area contributed by atoms with Gasteiger partial charge in [0.05, 0.1) is 0 Å². The molecule has 0 spiro atoms. The van der Waals surface area contributed by atoms with Gasteiger partial charge in [-0.2, -0.15) is 0 Å². The summed E-state index contributed by atoms with van der Waals surface area (Å²) in [5, 5.41) is 3.45. The third-order valence-corrected chi connectivity index (χ3v) is 2.87. The molecule has 0 aromatic heterocycles. The fourth-order valence-electron chi connectivity index (χ4n) is 1.60. The first kappa shape index (κ1) is 14.0. The van der Waals surface area contributed by atoms with E-state index < -0.39 is 0 Å². The predicted octanol–water partition coefficient (Wildman–Crippen LogP) is 3.04. The van der Waals surface area contributed by atoms with E-state index in [1.54, 1.807) is 12.1 Å². The Bertz CT molecular complexity index is 368. The van der Waals surface area contributed by atoms with Gasteiger partial charge >= 0.3 is 0 Å². The van der Waals surface area contributed by atoms with Crippen molar-refractivity contribution in [2.24, 2.45) is 11.7 Å². The molecule has 1 aromatic carbocycles. The van der Waals surface area contributed by atoms with Gasteiger partial charge < -0.3 is 11.1 Å². The first-order valence-corrected chi connectivity index (χ1v) is 6.25. The van der Waals surface area contributed by atoms with Crippen molar-refractivity contribution in [1.29, 1.82) is 0 Å². The first-order chi connectivity index (χ1) is 8.11. The van der Waals surface area contributed by atoms with Crippen molar-refractivity contribution in [2.45, 2.75) is 26.2 Å². The maximum atomic E-state index is 11.6. The Labute approximate surface area is 107 Å². The third-order valence-electron chi connectivity index (χ3n) is 2.63. The van der Waals surface area contributed by atoms with Crippen LogP contribution in [0, 0.1) is 5.92 Å². The van der Waals surface area contributed by atoms with E-state index in [-0.39, 0.29) is 5.91 Å². The Hall–Kier alpha value is -1.06. The lowest BCUT2D eigenvalue weighted by Gasteiger charge is -2.10. The van der Waals surface area contributed by atoms with Crippen LogP contribution >= 0.6 is 11.6 Å². The molecular weight excluding hydrogens is 236 g/mol. The molecule has 3 N–H and O–H groups in total. The van der Waals surface area contributed by atoms with E-state index in [1.807, 2.05) is 12.1 Å². The molecule has 0 bridgehead atoms. The van der Waals surface area contributed by atoms with E-state index in [9.17, 15) is 4.79 Å². The molecule has 17 heavy (non-hydrogen) atoms. The number of halogens is 1. The quantitative estimate of drug-likeness (QED) is 0.820. The van der Waals surface area contributed by atoms with Crippen LogP contribution < -0.4 is 11.1 Å². The van der Waals surface area contributed by atoms with Crippen molar-refractivity contribution in [3.63, 3.8) is 0 Å². The summed E-state index contributed by atoms with van der Waals surface area (Å²) in [5.74, 6) is 0.515. The molecule has 1 amide bonds. The van der Waals surface area contributed by atoms with Gasteiger partial charge in [-0.3, -0.25) is 4.79 Å². The molecule has 1 rings (SSSR count). The minimum atomic E-state index is 0.0242. The molecule has 94 valence electrons. The van der Waals surface area contributed by atoms with E-state index in [1.165, 1.54) is 0 Å². The molecule has 1 atom stereocenters. The van der Waals surface area contributed by atoms with E-state index in [0.717, 1.165) is 18.5 Å². The zero-order valence-corrected chi connectivity index (χ0v) is 10.8. The fourth-order valence-corrected chi connectivity index (χ4v) is 1.79. The fraction of sp³-hybridized carbons (Fsp3) is 0.462. The standard InChI is InChI=1S/C13H19ClN2O/c1-10(7-8-15)5-6-13(17)16-12-4-2-3-11(14)9-12/h2-4,9-10H,5-8,15H2,1H3,(H,16,17). The summed E-state index contributed by atoms with van der Waals surface area (Å²) in [6.45, 7) is 2.79. The zero-order chi connectivity index (χ0) is 12.7. The van der Waals surface area contributed by atoms with Crippen LogP contribution in [0.2, 0.25) is 5.02 Å². The van der Waals surface area contributed by atoms with Crippen LogP contribution in [0.4, 0.5) is 5.69 Å². The van der Waals surface area contributed by atoms with Crippen LogP contribution in [0.25, 0.3) is 0 Å². The van der Waals surface area contributed by atoms with E-state index in [4.69, 9.17) is 17.3 Å². The number of anilines is 1. The predicted molar refractivity (Wildman–Crippen MR) is 72.2 cm³/mol. The maximum absolute atomic E-state index is 11.6. The van der Waals surface area contributed by atoms with Gasteiger partial charge in [-0.1, -0.05) is 24.6 Å². The lowest BCUT2D eigenvalue weighted by atomic mass is 10.0. The van der Waals surface area contributed by atoms with Gasteiger partial charge in [0.25, 0.3) is 0 Å². The number of nitrogens with two attached hydrogens (primary N) is 1. The van der Waals surface area contributed by atoms with Gasteiger partial charge in [0, 0.05) is 17.1 Å². The number of amides is 1. The van der Waals surface area contributed by atoms with Gasteiger partial charge in [-0.25, -0.2) is 0 Å². The van der Waals surface area contributed by atoms with Crippen LogP contribution in [-0.4, -0.2) is 12.5 Å². The van der Waals surface area contributed by atoms with Crippen LogP contribution in [0.3, 0.4) is 0 Å². The Morgan fingerprint density at radius 1 is 1.47 bits per heavy atom. The third kappa shape index (κ3) is 5.71. The number of carbonyl (C=O) groups is 1. The second-order valence-electron chi connectivity index (χ2n) is 4.28. The number of hydrogen-bond acceptors (Lipinski definition) is 2. The molecule has 1 aromatic rings. The molecule has 0 saturated carbocycles. The SMILES string of the molecule is CC(CCN)CCC(=O)Nc1cccc(Cl)c1. The molecule has 0 aliphatic rings. The van der Waals surface area contributed by atoms with E-state index >= 15 is 0 Å². The van der Waals surface area contributed by atoms with Crippen LogP contribution in [-0.2, 0) is 4.79 Å². The number of carbonyl (C=O) groups excluding carboxylic acids is 1. The summed E-state index contributed by atoms with van der Waals surface area (Å²) in [6, 6.07) is 7.16. The summed E-state index contributed by atoms with van der Waals surface area (Å²) in [5.41, 5.74) is 6.21. The minimum absolute atomic E-state index is 0.0242. The molecule has 3 nitrogen and oxygen atoms in total. The second-order valence-corrected chi connectivity index (χ2v) is 4.72. The monoisotopic (exact) mass is 254 g/mol. The lowest BCUT2D eigenvalue weighted by Crippen LogP contribution is -2.14. The molecular formula is C13H19ClN2O. The minimum Gasteiger partial charge on any atom is -0.330 e. The molecule has 0 aliphatic carbocycles. The van der Waals surface area contributed by atoms with Crippen LogP contribution in [0.1, 0.15) is 26.2 Å².